The zero-order valence-electron chi connectivity index (χ0n) is 15.3. The fourth-order valence-corrected chi connectivity index (χ4v) is 4.18. The first-order valence-corrected chi connectivity index (χ1v) is 9.86. The van der Waals surface area contributed by atoms with Gasteiger partial charge in [0.1, 0.15) is 0 Å². The molecule has 3 heteroatoms. The first-order chi connectivity index (χ1) is 11.8. The second kappa shape index (κ2) is 9.55. The topological polar surface area (TPSA) is 15.7 Å². The summed E-state index contributed by atoms with van der Waals surface area (Å²) in [7, 11) is 2.21. The third-order valence-electron chi connectivity index (χ3n) is 5.60. The molecule has 1 saturated heterocycles. The van der Waals surface area contributed by atoms with Gasteiger partial charge in [0.15, 0.2) is 0 Å². The number of benzene rings is 1. The van der Waals surface area contributed by atoms with Crippen molar-refractivity contribution in [2.45, 2.75) is 51.2 Å². The Bertz CT molecular complexity index is 458. The van der Waals surface area contributed by atoms with Crippen LogP contribution < -0.4 is 0 Å². The first-order valence-electron chi connectivity index (χ1n) is 9.86. The molecule has 1 aliphatic carbocycles. The Morgan fingerprint density at radius 3 is 2.67 bits per heavy atom. The number of likely N-dealkylation sites (N-methyl/N-ethyl adjacent to an activating group) is 1. The lowest BCUT2D eigenvalue weighted by Gasteiger charge is -2.33. The molecule has 24 heavy (non-hydrogen) atoms. The molecule has 1 aromatic rings. The van der Waals surface area contributed by atoms with Crippen LogP contribution in [0.4, 0.5) is 0 Å². The highest BCUT2D eigenvalue weighted by Gasteiger charge is 2.21. The highest BCUT2D eigenvalue weighted by molar-refractivity contribution is 5.14. The third-order valence-corrected chi connectivity index (χ3v) is 5.60. The molecule has 3 nitrogen and oxygen atoms in total. The van der Waals surface area contributed by atoms with E-state index in [0.717, 1.165) is 45.1 Å². The number of nitrogens with zero attached hydrogens (tertiary/aromatic N) is 2. The smallest absolute Gasteiger partial charge is 0.0714 e. The van der Waals surface area contributed by atoms with Gasteiger partial charge in [0.25, 0.3) is 0 Å². The Balaban J connectivity index is 1.53. The van der Waals surface area contributed by atoms with Crippen LogP contribution in [0.2, 0.25) is 0 Å². The van der Waals surface area contributed by atoms with Gasteiger partial charge in [-0.15, -0.1) is 0 Å². The molecule has 1 saturated carbocycles. The monoisotopic (exact) mass is 330 g/mol. The van der Waals surface area contributed by atoms with Crippen molar-refractivity contribution in [2.24, 2.45) is 5.92 Å². The number of hydrogen-bond acceptors (Lipinski definition) is 3. The molecule has 2 fully saturated rings. The van der Waals surface area contributed by atoms with Crippen LogP contribution in [0.3, 0.4) is 0 Å². The largest absolute Gasteiger partial charge is 0.376 e. The van der Waals surface area contributed by atoms with Gasteiger partial charge >= 0.3 is 0 Å². The summed E-state index contributed by atoms with van der Waals surface area (Å²) in [6.45, 7) is 6.55. The Hall–Kier alpha value is -0.900. The van der Waals surface area contributed by atoms with Crippen LogP contribution in [0.25, 0.3) is 0 Å². The van der Waals surface area contributed by atoms with Gasteiger partial charge in [-0.1, -0.05) is 49.6 Å². The predicted octanol–water partition coefficient (Wildman–Crippen LogP) is 3.79. The number of ether oxygens (including phenoxy) is 1. The van der Waals surface area contributed by atoms with E-state index in [9.17, 15) is 0 Å². The lowest BCUT2D eigenvalue weighted by molar-refractivity contribution is -0.0282. The van der Waals surface area contributed by atoms with Crippen molar-refractivity contribution in [3.05, 3.63) is 35.9 Å². The van der Waals surface area contributed by atoms with Crippen LogP contribution in [0.15, 0.2) is 30.3 Å². The highest BCUT2D eigenvalue weighted by Crippen LogP contribution is 2.25. The summed E-state index contributed by atoms with van der Waals surface area (Å²) in [5, 5.41) is 0. The van der Waals surface area contributed by atoms with Gasteiger partial charge in [-0.2, -0.15) is 0 Å². The van der Waals surface area contributed by atoms with Gasteiger partial charge in [-0.05, 0) is 37.8 Å². The fraction of sp³-hybridized carbons (Fsp3) is 0.714. The summed E-state index contributed by atoms with van der Waals surface area (Å²) in [6.07, 6.45) is 8.72. The maximum atomic E-state index is 5.97. The molecular weight excluding hydrogens is 296 g/mol. The standard InChI is InChI=1S/C21H34N2O/c1-22-14-15-24-21(18-22)12-13-23(16-19-8-4-2-5-9-19)17-20-10-6-3-7-11-20/h2,4-5,8-9,20-21H,3,6-7,10-18H2,1H3. The number of rotatable bonds is 7. The number of hydrogen-bond donors (Lipinski definition) is 0. The van der Waals surface area contributed by atoms with Crippen molar-refractivity contribution >= 4 is 0 Å². The van der Waals surface area contributed by atoms with Crippen LogP contribution in [-0.4, -0.2) is 55.7 Å². The quantitative estimate of drug-likeness (QED) is 0.756. The van der Waals surface area contributed by atoms with Gasteiger partial charge in [0.05, 0.1) is 12.7 Å². The molecule has 0 aromatic heterocycles. The lowest BCUT2D eigenvalue weighted by Crippen LogP contribution is -2.42. The minimum absolute atomic E-state index is 0.411. The molecule has 0 N–H and O–H groups in total. The van der Waals surface area contributed by atoms with Crippen LogP contribution in [0, 0.1) is 5.92 Å². The van der Waals surface area contributed by atoms with Gasteiger partial charge in [-0.3, -0.25) is 4.90 Å². The van der Waals surface area contributed by atoms with E-state index in [1.165, 1.54) is 44.2 Å². The van der Waals surface area contributed by atoms with E-state index >= 15 is 0 Å². The first kappa shape index (κ1) is 17.9. The van der Waals surface area contributed by atoms with E-state index in [2.05, 4.69) is 47.2 Å². The zero-order chi connectivity index (χ0) is 16.6. The molecule has 0 bridgehead atoms. The molecule has 1 unspecified atom stereocenters. The summed E-state index contributed by atoms with van der Waals surface area (Å²) in [4.78, 5) is 5.08. The molecule has 0 radical (unpaired) electrons. The molecule has 2 aliphatic rings. The summed E-state index contributed by atoms with van der Waals surface area (Å²) >= 11 is 0. The maximum absolute atomic E-state index is 5.97. The van der Waals surface area contributed by atoms with Crippen molar-refractivity contribution in [1.82, 2.24) is 9.80 Å². The van der Waals surface area contributed by atoms with E-state index in [0.29, 0.717) is 6.10 Å². The molecule has 1 heterocycles. The Kier molecular flexibility index (Phi) is 7.13. The Morgan fingerprint density at radius 1 is 1.12 bits per heavy atom. The summed E-state index contributed by atoms with van der Waals surface area (Å²) < 4.78 is 5.97. The summed E-state index contributed by atoms with van der Waals surface area (Å²) in [5.74, 6) is 0.900. The summed E-state index contributed by atoms with van der Waals surface area (Å²) in [5.41, 5.74) is 1.44. The SMILES string of the molecule is CN1CCOC(CCN(Cc2ccccc2)CC2CCCCC2)C1. The van der Waals surface area contributed by atoms with E-state index in [-0.39, 0.29) is 0 Å². The molecule has 0 spiro atoms. The summed E-state index contributed by atoms with van der Waals surface area (Å²) in [6, 6.07) is 11.0. The molecule has 0 amide bonds. The lowest BCUT2D eigenvalue weighted by atomic mass is 9.89. The van der Waals surface area contributed by atoms with Crippen molar-refractivity contribution in [3.63, 3.8) is 0 Å². The van der Waals surface area contributed by atoms with E-state index < -0.39 is 0 Å². The average molecular weight is 331 g/mol. The average Bonchev–Trinajstić information content (AvgIpc) is 2.62. The molecule has 1 atom stereocenters. The Labute approximate surface area is 148 Å². The van der Waals surface area contributed by atoms with Crippen LogP contribution >= 0.6 is 0 Å². The molecule has 134 valence electrons. The van der Waals surface area contributed by atoms with Crippen LogP contribution in [0.5, 0.6) is 0 Å². The van der Waals surface area contributed by atoms with E-state index in [1.54, 1.807) is 0 Å². The second-order valence-corrected chi connectivity index (χ2v) is 7.77. The van der Waals surface area contributed by atoms with E-state index in [1.807, 2.05) is 0 Å². The van der Waals surface area contributed by atoms with Crippen LogP contribution in [0.1, 0.15) is 44.1 Å². The molecular formula is C21H34N2O. The van der Waals surface area contributed by atoms with Crippen molar-refractivity contribution < 1.29 is 4.74 Å². The normalized spacial score (nSPS) is 23.7. The maximum Gasteiger partial charge on any atom is 0.0714 e. The number of morpholine rings is 1. The van der Waals surface area contributed by atoms with Crippen molar-refractivity contribution in [3.8, 4) is 0 Å². The minimum atomic E-state index is 0.411. The van der Waals surface area contributed by atoms with Crippen LogP contribution in [-0.2, 0) is 11.3 Å². The second-order valence-electron chi connectivity index (χ2n) is 7.77. The molecule has 1 aliphatic heterocycles. The predicted molar refractivity (Wildman–Crippen MR) is 100 cm³/mol. The van der Waals surface area contributed by atoms with Gasteiger partial charge in [0.2, 0.25) is 0 Å². The zero-order valence-corrected chi connectivity index (χ0v) is 15.3. The van der Waals surface area contributed by atoms with Gasteiger partial charge in [0, 0.05) is 32.7 Å². The van der Waals surface area contributed by atoms with Crippen molar-refractivity contribution in [1.29, 1.82) is 0 Å². The van der Waals surface area contributed by atoms with Crippen molar-refractivity contribution in [2.75, 3.05) is 39.8 Å². The van der Waals surface area contributed by atoms with Gasteiger partial charge in [-0.25, -0.2) is 0 Å². The minimum Gasteiger partial charge on any atom is -0.376 e. The fourth-order valence-electron chi connectivity index (χ4n) is 4.18. The highest BCUT2D eigenvalue weighted by atomic mass is 16.5. The molecule has 3 rings (SSSR count). The molecule has 1 aromatic carbocycles. The van der Waals surface area contributed by atoms with Gasteiger partial charge < -0.3 is 9.64 Å². The third kappa shape index (κ3) is 5.87. The van der Waals surface area contributed by atoms with E-state index in [4.69, 9.17) is 4.74 Å². The Morgan fingerprint density at radius 2 is 1.92 bits per heavy atom.